The molecule has 80 valence electrons. The number of rotatable bonds is 2. The molecular formula is C13H15BrO. The van der Waals surface area contributed by atoms with E-state index in [1.54, 1.807) is 0 Å². The second-order valence-corrected chi connectivity index (χ2v) is 5.26. The van der Waals surface area contributed by atoms with Crippen LogP contribution in [-0.2, 0) is 0 Å². The number of aryl methyl sites for hydroxylation is 2. The Balaban J connectivity index is 2.34. The number of ketones is 1. The van der Waals surface area contributed by atoms with Gasteiger partial charge in [-0.15, -0.1) is 0 Å². The summed E-state index contributed by atoms with van der Waals surface area (Å²) in [7, 11) is 0. The lowest BCUT2D eigenvalue weighted by atomic mass is 9.79. The van der Waals surface area contributed by atoms with Crippen LogP contribution in [0.15, 0.2) is 16.6 Å². The number of hydrogen-bond acceptors (Lipinski definition) is 1. The molecule has 0 radical (unpaired) electrons. The van der Waals surface area contributed by atoms with E-state index in [9.17, 15) is 4.79 Å². The van der Waals surface area contributed by atoms with Crippen molar-refractivity contribution in [3.63, 3.8) is 0 Å². The lowest BCUT2D eigenvalue weighted by molar-refractivity contribution is 0.0854. The van der Waals surface area contributed by atoms with Gasteiger partial charge >= 0.3 is 0 Å². The summed E-state index contributed by atoms with van der Waals surface area (Å²) in [5, 5.41) is 0. The Kier molecular flexibility index (Phi) is 2.96. The van der Waals surface area contributed by atoms with Crippen LogP contribution in [0.1, 0.15) is 40.7 Å². The van der Waals surface area contributed by atoms with Gasteiger partial charge in [-0.05, 0) is 49.9 Å². The van der Waals surface area contributed by atoms with Gasteiger partial charge in [0.25, 0.3) is 0 Å². The maximum Gasteiger partial charge on any atom is 0.166 e. The van der Waals surface area contributed by atoms with E-state index < -0.39 is 0 Å². The highest BCUT2D eigenvalue weighted by molar-refractivity contribution is 9.10. The Morgan fingerprint density at radius 1 is 1.27 bits per heavy atom. The van der Waals surface area contributed by atoms with Gasteiger partial charge in [0.2, 0.25) is 0 Å². The highest BCUT2D eigenvalue weighted by atomic mass is 79.9. The third kappa shape index (κ3) is 2.00. The molecule has 1 aromatic carbocycles. The maximum atomic E-state index is 12.1. The van der Waals surface area contributed by atoms with Gasteiger partial charge < -0.3 is 0 Å². The van der Waals surface area contributed by atoms with Crippen LogP contribution >= 0.6 is 15.9 Å². The summed E-state index contributed by atoms with van der Waals surface area (Å²) in [6, 6.07) is 4.06. The molecule has 1 aliphatic rings. The number of Topliss-reactive ketones (excluding diaryl/α,β-unsaturated/α-hetero) is 1. The summed E-state index contributed by atoms with van der Waals surface area (Å²) in [6.45, 7) is 4.04. The van der Waals surface area contributed by atoms with E-state index in [4.69, 9.17) is 0 Å². The summed E-state index contributed by atoms with van der Waals surface area (Å²) in [5.41, 5.74) is 3.15. The fourth-order valence-corrected chi connectivity index (χ4v) is 2.39. The first-order valence-corrected chi connectivity index (χ1v) is 6.20. The van der Waals surface area contributed by atoms with Crippen molar-refractivity contribution in [3.8, 4) is 0 Å². The Hall–Kier alpha value is -0.630. The van der Waals surface area contributed by atoms with Crippen LogP contribution in [-0.4, -0.2) is 5.78 Å². The number of hydrogen-bond donors (Lipinski definition) is 0. The third-order valence-electron chi connectivity index (χ3n) is 3.25. The minimum absolute atomic E-state index is 0.296. The SMILES string of the molecule is Cc1cc(C(=O)C2CCC2)c(C)cc1Br. The molecule has 0 amide bonds. The fraction of sp³-hybridized carbons (Fsp3) is 0.462. The molecular weight excluding hydrogens is 252 g/mol. The average Bonchev–Trinajstić information content (AvgIpc) is 2.08. The van der Waals surface area contributed by atoms with Crippen molar-refractivity contribution >= 4 is 21.7 Å². The zero-order valence-corrected chi connectivity index (χ0v) is 10.7. The van der Waals surface area contributed by atoms with Gasteiger partial charge in [0, 0.05) is 16.0 Å². The van der Waals surface area contributed by atoms with Gasteiger partial charge in [0.15, 0.2) is 5.78 Å². The van der Waals surface area contributed by atoms with Gasteiger partial charge in [-0.25, -0.2) is 0 Å². The molecule has 0 saturated heterocycles. The van der Waals surface area contributed by atoms with Crippen LogP contribution < -0.4 is 0 Å². The molecule has 1 aromatic rings. The van der Waals surface area contributed by atoms with E-state index >= 15 is 0 Å². The summed E-state index contributed by atoms with van der Waals surface area (Å²) in [4.78, 5) is 12.1. The highest BCUT2D eigenvalue weighted by Crippen LogP contribution is 2.32. The van der Waals surface area contributed by atoms with Gasteiger partial charge in [0.1, 0.15) is 0 Å². The first kappa shape index (κ1) is 10.9. The largest absolute Gasteiger partial charge is 0.294 e. The Morgan fingerprint density at radius 2 is 1.93 bits per heavy atom. The first-order valence-electron chi connectivity index (χ1n) is 5.40. The molecule has 0 aliphatic heterocycles. The van der Waals surface area contributed by atoms with Crippen LogP contribution in [0.5, 0.6) is 0 Å². The number of carbonyl (C=O) groups excluding carboxylic acids is 1. The predicted octanol–water partition coefficient (Wildman–Crippen LogP) is 4.05. The zero-order valence-electron chi connectivity index (χ0n) is 9.14. The lowest BCUT2D eigenvalue weighted by Gasteiger charge is -2.24. The number of carbonyl (C=O) groups is 1. The molecule has 0 N–H and O–H groups in total. The first-order chi connectivity index (χ1) is 7.09. The molecule has 0 spiro atoms. The molecule has 1 aliphatic carbocycles. The van der Waals surface area contributed by atoms with Crippen LogP contribution in [0.25, 0.3) is 0 Å². The minimum Gasteiger partial charge on any atom is -0.294 e. The molecule has 15 heavy (non-hydrogen) atoms. The molecule has 1 fully saturated rings. The van der Waals surface area contributed by atoms with Gasteiger partial charge in [-0.3, -0.25) is 4.79 Å². The monoisotopic (exact) mass is 266 g/mol. The summed E-state index contributed by atoms with van der Waals surface area (Å²) < 4.78 is 1.09. The van der Waals surface area contributed by atoms with Crippen molar-refractivity contribution in [2.45, 2.75) is 33.1 Å². The summed E-state index contributed by atoms with van der Waals surface area (Å²) >= 11 is 3.49. The van der Waals surface area contributed by atoms with Crippen molar-refractivity contribution in [1.82, 2.24) is 0 Å². The Labute approximate surface area is 99.0 Å². The Bertz CT molecular complexity index is 405. The van der Waals surface area contributed by atoms with Crippen molar-refractivity contribution in [3.05, 3.63) is 33.3 Å². The molecule has 0 aromatic heterocycles. The van der Waals surface area contributed by atoms with Crippen molar-refractivity contribution in [2.75, 3.05) is 0 Å². The van der Waals surface area contributed by atoms with E-state index in [2.05, 4.69) is 15.9 Å². The molecule has 2 heteroatoms. The normalized spacial score (nSPS) is 16.2. The van der Waals surface area contributed by atoms with Crippen molar-refractivity contribution < 1.29 is 4.79 Å². The molecule has 0 atom stereocenters. The quantitative estimate of drug-likeness (QED) is 0.739. The van der Waals surface area contributed by atoms with Gasteiger partial charge in [-0.2, -0.15) is 0 Å². The number of benzene rings is 1. The molecule has 0 heterocycles. The second kappa shape index (κ2) is 4.09. The van der Waals surface area contributed by atoms with Crippen LogP contribution in [0, 0.1) is 19.8 Å². The fourth-order valence-electron chi connectivity index (χ4n) is 1.94. The standard InChI is InChI=1S/C13H15BrO/c1-8-7-12(14)9(2)6-11(8)13(15)10-4-3-5-10/h6-7,10H,3-5H2,1-2H3. The molecule has 2 rings (SSSR count). The average molecular weight is 267 g/mol. The smallest absolute Gasteiger partial charge is 0.166 e. The van der Waals surface area contributed by atoms with E-state index in [0.29, 0.717) is 11.7 Å². The zero-order chi connectivity index (χ0) is 11.0. The summed E-state index contributed by atoms with van der Waals surface area (Å²) in [6.07, 6.45) is 3.37. The second-order valence-electron chi connectivity index (χ2n) is 4.41. The third-order valence-corrected chi connectivity index (χ3v) is 4.10. The van der Waals surface area contributed by atoms with Crippen LogP contribution in [0.3, 0.4) is 0 Å². The molecule has 0 unspecified atom stereocenters. The number of halogens is 1. The van der Waals surface area contributed by atoms with E-state index in [1.807, 2.05) is 26.0 Å². The molecule has 1 nitrogen and oxygen atoms in total. The van der Waals surface area contributed by atoms with Gasteiger partial charge in [0.05, 0.1) is 0 Å². The lowest BCUT2D eigenvalue weighted by Crippen LogP contribution is -2.22. The topological polar surface area (TPSA) is 17.1 Å². The van der Waals surface area contributed by atoms with E-state index in [1.165, 1.54) is 6.42 Å². The highest BCUT2D eigenvalue weighted by Gasteiger charge is 2.27. The molecule has 0 bridgehead atoms. The Morgan fingerprint density at radius 3 is 2.47 bits per heavy atom. The van der Waals surface area contributed by atoms with E-state index in [-0.39, 0.29) is 0 Å². The predicted molar refractivity (Wildman–Crippen MR) is 65.3 cm³/mol. The minimum atomic E-state index is 0.296. The summed E-state index contributed by atoms with van der Waals surface area (Å²) in [5.74, 6) is 0.638. The van der Waals surface area contributed by atoms with E-state index in [0.717, 1.165) is 34.0 Å². The van der Waals surface area contributed by atoms with Crippen molar-refractivity contribution in [2.24, 2.45) is 5.92 Å². The van der Waals surface area contributed by atoms with Crippen LogP contribution in [0.2, 0.25) is 0 Å². The van der Waals surface area contributed by atoms with Gasteiger partial charge in [-0.1, -0.05) is 22.4 Å². The maximum absolute atomic E-state index is 12.1. The van der Waals surface area contributed by atoms with Crippen LogP contribution in [0.4, 0.5) is 0 Å². The molecule has 1 saturated carbocycles. The van der Waals surface area contributed by atoms with Crippen molar-refractivity contribution in [1.29, 1.82) is 0 Å².